The Bertz CT molecular complexity index is 1290. The minimum atomic E-state index is -0.383. The molecule has 0 aliphatic carbocycles. The number of nitrogens with zero attached hydrogens (tertiary/aromatic N) is 3. The highest BCUT2D eigenvalue weighted by molar-refractivity contribution is 7.99. The standard InChI is InChI=1S/C25H23ClFN3O3S/c26-21-11-22-25(24(27)23(21)20-10-18(33)9-17-3-1-2-4-19(17)20)34-15-30(22)29-7-5-28(6-8-29)12-16(13-31)14-32/h1-4,9-13,32-33H,5-8,14-15H2. The molecule has 6 nitrogen and oxygen atoms in total. The van der Waals surface area contributed by atoms with Gasteiger partial charge in [-0.3, -0.25) is 9.80 Å². The predicted octanol–water partition coefficient (Wildman–Crippen LogP) is 4.48. The molecule has 0 bridgehead atoms. The number of aldehydes is 1. The van der Waals surface area contributed by atoms with Gasteiger partial charge in [0.15, 0.2) is 0 Å². The van der Waals surface area contributed by atoms with Crippen molar-refractivity contribution in [3.8, 4) is 16.9 Å². The third-order valence-corrected chi connectivity index (χ3v) is 7.54. The molecule has 0 unspecified atom stereocenters. The topological polar surface area (TPSA) is 67.3 Å². The molecular formula is C25H23ClFN3O3S. The molecule has 5 rings (SSSR count). The van der Waals surface area contributed by atoms with Crippen LogP contribution in [0.4, 0.5) is 10.1 Å². The minimum absolute atomic E-state index is 0.0600. The first-order chi connectivity index (χ1) is 16.5. The van der Waals surface area contributed by atoms with E-state index < -0.39 is 0 Å². The Hall–Kier alpha value is -2.78. The number of carbonyl (C=O) groups is 1. The Morgan fingerprint density at radius 3 is 2.65 bits per heavy atom. The normalized spacial score (nSPS) is 16.9. The maximum absolute atomic E-state index is 15.9. The predicted molar refractivity (Wildman–Crippen MR) is 134 cm³/mol. The zero-order chi connectivity index (χ0) is 23.8. The third-order valence-electron chi connectivity index (χ3n) is 6.19. The molecule has 2 aliphatic rings. The van der Waals surface area contributed by atoms with E-state index in [0.29, 0.717) is 65.0 Å². The van der Waals surface area contributed by atoms with Gasteiger partial charge in [-0.15, -0.1) is 0 Å². The lowest BCUT2D eigenvalue weighted by Crippen LogP contribution is -2.52. The van der Waals surface area contributed by atoms with E-state index in [9.17, 15) is 15.0 Å². The molecule has 0 amide bonds. The molecule has 3 aromatic rings. The number of aliphatic hydroxyl groups excluding tert-OH is 1. The van der Waals surface area contributed by atoms with Crippen LogP contribution >= 0.6 is 23.4 Å². The number of benzene rings is 3. The van der Waals surface area contributed by atoms with Crippen LogP contribution in [-0.4, -0.2) is 65.1 Å². The second-order valence-corrected chi connectivity index (χ2v) is 9.61. The number of piperazine rings is 1. The maximum atomic E-state index is 15.9. The van der Waals surface area contributed by atoms with E-state index in [0.717, 1.165) is 16.5 Å². The molecule has 0 atom stereocenters. The monoisotopic (exact) mass is 499 g/mol. The summed E-state index contributed by atoms with van der Waals surface area (Å²) >= 11 is 8.09. The summed E-state index contributed by atoms with van der Waals surface area (Å²) < 4.78 is 15.9. The summed E-state index contributed by atoms with van der Waals surface area (Å²) in [5, 5.41) is 25.6. The van der Waals surface area contributed by atoms with Gasteiger partial charge in [-0.2, -0.15) is 0 Å². The summed E-state index contributed by atoms with van der Waals surface area (Å²) in [4.78, 5) is 13.5. The fourth-order valence-electron chi connectivity index (χ4n) is 4.52. The van der Waals surface area contributed by atoms with Crippen molar-refractivity contribution in [2.24, 2.45) is 0 Å². The van der Waals surface area contributed by atoms with E-state index >= 15 is 4.39 Å². The first-order valence-corrected chi connectivity index (χ1v) is 12.3. The molecule has 0 spiro atoms. The van der Waals surface area contributed by atoms with Crippen molar-refractivity contribution in [2.45, 2.75) is 4.90 Å². The van der Waals surface area contributed by atoms with Crippen molar-refractivity contribution < 1.29 is 19.4 Å². The van der Waals surface area contributed by atoms with Crippen LogP contribution in [0.25, 0.3) is 21.9 Å². The largest absolute Gasteiger partial charge is 0.508 e. The van der Waals surface area contributed by atoms with Crippen LogP contribution in [0, 0.1) is 5.82 Å². The number of hydrazine groups is 1. The lowest BCUT2D eigenvalue weighted by molar-refractivity contribution is -0.105. The second kappa shape index (κ2) is 9.46. The van der Waals surface area contributed by atoms with Crippen LogP contribution < -0.4 is 5.01 Å². The summed E-state index contributed by atoms with van der Waals surface area (Å²) in [6.45, 7) is 2.45. The summed E-state index contributed by atoms with van der Waals surface area (Å²) in [6, 6.07) is 12.5. The number of halogens is 2. The highest BCUT2D eigenvalue weighted by Crippen LogP contribution is 2.48. The Morgan fingerprint density at radius 2 is 1.91 bits per heavy atom. The fourth-order valence-corrected chi connectivity index (χ4v) is 5.90. The molecule has 1 saturated heterocycles. The summed E-state index contributed by atoms with van der Waals surface area (Å²) in [6.07, 6.45) is 2.36. The summed E-state index contributed by atoms with van der Waals surface area (Å²) in [5.41, 5.74) is 1.93. The number of carbonyl (C=O) groups excluding carboxylic acids is 1. The molecule has 0 aromatic heterocycles. The molecule has 2 heterocycles. The van der Waals surface area contributed by atoms with Crippen LogP contribution in [0.3, 0.4) is 0 Å². The Kier molecular flexibility index (Phi) is 6.40. The Balaban J connectivity index is 1.46. The van der Waals surface area contributed by atoms with Gasteiger partial charge in [0.1, 0.15) is 17.9 Å². The first-order valence-electron chi connectivity index (χ1n) is 10.9. The average molecular weight is 500 g/mol. The number of phenols is 1. The van der Waals surface area contributed by atoms with Gasteiger partial charge in [0.25, 0.3) is 0 Å². The van der Waals surface area contributed by atoms with Crippen molar-refractivity contribution in [1.29, 1.82) is 0 Å². The number of rotatable bonds is 5. The second-order valence-electron chi connectivity index (χ2n) is 8.25. The van der Waals surface area contributed by atoms with Crippen LogP contribution in [0.5, 0.6) is 5.75 Å². The van der Waals surface area contributed by atoms with Crippen molar-refractivity contribution >= 4 is 46.1 Å². The highest BCUT2D eigenvalue weighted by atomic mass is 35.5. The van der Waals surface area contributed by atoms with Crippen LogP contribution in [0.1, 0.15) is 0 Å². The highest BCUT2D eigenvalue weighted by Gasteiger charge is 2.32. The SMILES string of the molecule is O=CC(=CN1CCN(N2CSc3c2cc(Cl)c(-c2cc(O)cc4ccccc24)c3F)CC1)CO. The lowest BCUT2D eigenvalue weighted by atomic mass is 9.97. The average Bonchev–Trinajstić information content (AvgIpc) is 3.26. The molecular weight excluding hydrogens is 477 g/mol. The number of anilines is 1. The van der Waals surface area contributed by atoms with Crippen molar-refractivity contribution in [1.82, 2.24) is 9.91 Å². The molecule has 9 heteroatoms. The van der Waals surface area contributed by atoms with E-state index in [1.807, 2.05) is 34.2 Å². The lowest BCUT2D eigenvalue weighted by Gasteiger charge is -2.40. The van der Waals surface area contributed by atoms with Gasteiger partial charge in [-0.25, -0.2) is 9.40 Å². The van der Waals surface area contributed by atoms with E-state index in [2.05, 4.69) is 5.01 Å². The molecule has 176 valence electrons. The van der Waals surface area contributed by atoms with Crippen LogP contribution in [0.2, 0.25) is 5.02 Å². The molecule has 3 aromatic carbocycles. The minimum Gasteiger partial charge on any atom is -0.508 e. The fraction of sp³-hybridized carbons (Fsp3) is 0.240. The van der Waals surface area contributed by atoms with Gasteiger partial charge in [0.05, 0.1) is 28.1 Å². The number of aromatic hydroxyl groups is 1. The van der Waals surface area contributed by atoms with Crippen molar-refractivity contribution in [3.05, 3.63) is 65.1 Å². The van der Waals surface area contributed by atoms with Gasteiger partial charge in [-0.05, 0) is 34.5 Å². The zero-order valence-electron chi connectivity index (χ0n) is 18.2. The van der Waals surface area contributed by atoms with Gasteiger partial charge >= 0.3 is 0 Å². The Labute approximate surface area is 205 Å². The number of thioether (sulfide) groups is 1. The number of phenolic OH excluding ortho intramolecular Hbond substituents is 1. The number of fused-ring (bicyclic) bond motifs is 2. The smallest absolute Gasteiger partial charge is 0.149 e. The van der Waals surface area contributed by atoms with Gasteiger partial charge in [-0.1, -0.05) is 47.6 Å². The summed E-state index contributed by atoms with van der Waals surface area (Å²) in [5.74, 6) is 0.245. The maximum Gasteiger partial charge on any atom is 0.149 e. The Morgan fingerprint density at radius 1 is 1.15 bits per heavy atom. The molecule has 34 heavy (non-hydrogen) atoms. The molecule has 1 fully saturated rings. The van der Waals surface area contributed by atoms with E-state index in [1.165, 1.54) is 11.8 Å². The summed E-state index contributed by atoms with van der Waals surface area (Å²) in [7, 11) is 0. The molecule has 2 aliphatic heterocycles. The van der Waals surface area contributed by atoms with Crippen molar-refractivity contribution in [3.63, 3.8) is 0 Å². The number of hydrogen-bond donors (Lipinski definition) is 2. The molecule has 0 saturated carbocycles. The molecule has 0 radical (unpaired) electrons. The third kappa shape index (κ3) is 4.11. The number of aliphatic hydroxyl groups is 1. The van der Waals surface area contributed by atoms with Crippen LogP contribution in [0.15, 0.2) is 59.1 Å². The van der Waals surface area contributed by atoms with Gasteiger partial charge < -0.3 is 15.1 Å². The van der Waals surface area contributed by atoms with E-state index in [4.69, 9.17) is 11.6 Å². The number of hydrogen-bond acceptors (Lipinski definition) is 7. The van der Waals surface area contributed by atoms with E-state index in [1.54, 1.807) is 24.4 Å². The van der Waals surface area contributed by atoms with Gasteiger partial charge in [0.2, 0.25) is 0 Å². The van der Waals surface area contributed by atoms with Crippen LogP contribution in [-0.2, 0) is 4.79 Å². The molecule has 2 N–H and O–H groups in total. The van der Waals surface area contributed by atoms with Crippen molar-refractivity contribution in [2.75, 3.05) is 43.7 Å². The van der Waals surface area contributed by atoms with Gasteiger partial charge in [0, 0.05) is 43.5 Å². The quantitative estimate of drug-likeness (QED) is 0.396. The van der Waals surface area contributed by atoms with E-state index in [-0.39, 0.29) is 18.2 Å². The zero-order valence-corrected chi connectivity index (χ0v) is 19.8. The first kappa shape index (κ1) is 23.0.